The Bertz CT molecular complexity index is 127. The molecule has 1 heterocycles. The molecule has 0 aromatic rings. The summed E-state index contributed by atoms with van der Waals surface area (Å²) in [5.41, 5.74) is 3.72. The number of hydrogen-bond acceptors (Lipinski definition) is 3. The van der Waals surface area contributed by atoms with Crippen molar-refractivity contribution in [2.24, 2.45) is 0 Å². The zero-order valence-electron chi connectivity index (χ0n) is 5.15. The first-order chi connectivity index (χ1) is 4.20. The molecule has 0 N–H and O–H groups in total. The van der Waals surface area contributed by atoms with Gasteiger partial charge in [0.1, 0.15) is 0 Å². The monoisotopic (exact) mass is 130 g/mol. The van der Waals surface area contributed by atoms with Gasteiger partial charge in [0.05, 0.1) is 0 Å². The van der Waals surface area contributed by atoms with Crippen LogP contribution in [0.25, 0.3) is 0 Å². The minimum absolute atomic E-state index is 0.358. The summed E-state index contributed by atoms with van der Waals surface area (Å²) in [5.74, 6) is 0. The van der Waals surface area contributed by atoms with Crippen molar-refractivity contribution in [3.8, 4) is 0 Å². The van der Waals surface area contributed by atoms with Crippen molar-refractivity contribution in [3.05, 3.63) is 10.1 Å². The summed E-state index contributed by atoms with van der Waals surface area (Å²) in [4.78, 5) is 9.67. The lowest BCUT2D eigenvalue weighted by Gasteiger charge is -2.01. The fraction of sp³-hybridized carbons (Fsp3) is 1.00. The van der Waals surface area contributed by atoms with E-state index in [1.165, 1.54) is 0 Å². The SMILES string of the molecule is CN1CCC([N+](=O)[O-])[N]1. The molecule has 0 aromatic carbocycles. The largest absolute Gasteiger partial charge is 0.296 e. The van der Waals surface area contributed by atoms with E-state index in [0.717, 1.165) is 0 Å². The lowest BCUT2D eigenvalue weighted by molar-refractivity contribution is -0.529. The van der Waals surface area contributed by atoms with Gasteiger partial charge in [0, 0.05) is 24.9 Å². The first-order valence-corrected chi connectivity index (χ1v) is 2.75. The highest BCUT2D eigenvalue weighted by atomic mass is 16.6. The maximum absolute atomic E-state index is 10.0. The van der Waals surface area contributed by atoms with E-state index in [0.29, 0.717) is 13.0 Å². The van der Waals surface area contributed by atoms with Gasteiger partial charge in [-0.1, -0.05) is 5.43 Å². The molecule has 0 bridgehead atoms. The van der Waals surface area contributed by atoms with Gasteiger partial charge in [-0.15, -0.1) is 0 Å². The molecule has 0 amide bonds. The second-order valence-electron chi connectivity index (χ2n) is 2.05. The van der Waals surface area contributed by atoms with Crippen molar-refractivity contribution in [1.82, 2.24) is 10.4 Å². The summed E-state index contributed by atoms with van der Waals surface area (Å²) in [6.45, 7) is 0.700. The Kier molecular flexibility index (Phi) is 1.63. The van der Waals surface area contributed by atoms with E-state index in [4.69, 9.17) is 0 Å². The van der Waals surface area contributed by atoms with Gasteiger partial charge in [-0.25, -0.2) is 5.01 Å². The van der Waals surface area contributed by atoms with Crippen LogP contribution in [0.4, 0.5) is 0 Å². The Morgan fingerprint density at radius 3 is 2.78 bits per heavy atom. The Morgan fingerprint density at radius 2 is 2.56 bits per heavy atom. The molecule has 9 heavy (non-hydrogen) atoms. The number of hydrogen-bond donors (Lipinski definition) is 0. The minimum Gasteiger partial charge on any atom is -0.263 e. The van der Waals surface area contributed by atoms with Gasteiger partial charge < -0.3 is 0 Å². The number of nitrogens with zero attached hydrogens (tertiary/aromatic N) is 3. The molecule has 0 saturated carbocycles. The van der Waals surface area contributed by atoms with Crippen molar-refractivity contribution < 1.29 is 4.92 Å². The maximum Gasteiger partial charge on any atom is 0.296 e. The van der Waals surface area contributed by atoms with Gasteiger partial charge in [-0.3, -0.25) is 10.1 Å². The summed E-state index contributed by atoms with van der Waals surface area (Å²) in [5, 5.41) is 11.6. The molecule has 5 heteroatoms. The number of rotatable bonds is 1. The summed E-state index contributed by atoms with van der Waals surface area (Å²) in [6, 6.07) is 0. The summed E-state index contributed by atoms with van der Waals surface area (Å²) >= 11 is 0. The average molecular weight is 130 g/mol. The zero-order valence-corrected chi connectivity index (χ0v) is 5.15. The van der Waals surface area contributed by atoms with Crippen molar-refractivity contribution in [2.75, 3.05) is 13.6 Å². The van der Waals surface area contributed by atoms with E-state index in [1.807, 2.05) is 0 Å². The van der Waals surface area contributed by atoms with Crippen LogP contribution in [-0.4, -0.2) is 29.7 Å². The summed E-state index contributed by atoms with van der Waals surface area (Å²) in [6.07, 6.45) is -0.140. The van der Waals surface area contributed by atoms with Crippen LogP contribution in [-0.2, 0) is 0 Å². The molecule has 51 valence electrons. The highest BCUT2D eigenvalue weighted by molar-refractivity contribution is 4.61. The van der Waals surface area contributed by atoms with E-state index < -0.39 is 6.17 Å². The highest BCUT2D eigenvalue weighted by Gasteiger charge is 2.29. The quantitative estimate of drug-likeness (QED) is 0.353. The first kappa shape index (κ1) is 6.44. The molecule has 0 aliphatic carbocycles. The van der Waals surface area contributed by atoms with Crippen LogP contribution >= 0.6 is 0 Å². The predicted octanol–water partition coefficient (Wildman–Crippen LogP) is -0.556. The van der Waals surface area contributed by atoms with Crippen LogP contribution in [0, 0.1) is 10.1 Å². The predicted molar refractivity (Wildman–Crippen MR) is 30.2 cm³/mol. The third kappa shape index (κ3) is 1.36. The molecule has 1 radical (unpaired) electrons. The van der Waals surface area contributed by atoms with Gasteiger partial charge in [-0.05, 0) is 0 Å². The van der Waals surface area contributed by atoms with Crippen molar-refractivity contribution in [2.45, 2.75) is 12.6 Å². The van der Waals surface area contributed by atoms with E-state index in [-0.39, 0.29) is 4.92 Å². The second-order valence-corrected chi connectivity index (χ2v) is 2.05. The van der Waals surface area contributed by atoms with Crippen LogP contribution in [0.1, 0.15) is 6.42 Å². The van der Waals surface area contributed by atoms with Crippen molar-refractivity contribution in [3.63, 3.8) is 0 Å². The van der Waals surface area contributed by atoms with Gasteiger partial charge in [-0.2, -0.15) is 0 Å². The van der Waals surface area contributed by atoms with Gasteiger partial charge in [0.15, 0.2) is 0 Å². The van der Waals surface area contributed by atoms with Crippen LogP contribution in [0.2, 0.25) is 0 Å². The Labute approximate surface area is 52.8 Å². The lowest BCUT2D eigenvalue weighted by atomic mass is 10.4. The molecule has 1 atom stereocenters. The summed E-state index contributed by atoms with van der Waals surface area (Å²) < 4.78 is 0. The third-order valence-electron chi connectivity index (χ3n) is 1.28. The molecule has 1 rings (SSSR count). The minimum atomic E-state index is -0.685. The average Bonchev–Trinajstić information content (AvgIpc) is 2.14. The molecule has 1 saturated heterocycles. The van der Waals surface area contributed by atoms with Crippen LogP contribution in [0.3, 0.4) is 0 Å². The Morgan fingerprint density at radius 1 is 1.89 bits per heavy atom. The Hall–Kier alpha value is -0.680. The third-order valence-corrected chi connectivity index (χ3v) is 1.28. The molecule has 0 aromatic heterocycles. The molecule has 1 fully saturated rings. The van der Waals surface area contributed by atoms with Crippen molar-refractivity contribution in [1.29, 1.82) is 0 Å². The van der Waals surface area contributed by atoms with E-state index in [1.54, 1.807) is 12.1 Å². The van der Waals surface area contributed by atoms with Gasteiger partial charge in [0.25, 0.3) is 6.17 Å². The molecule has 1 aliphatic rings. The van der Waals surface area contributed by atoms with Gasteiger partial charge in [0.2, 0.25) is 0 Å². The van der Waals surface area contributed by atoms with Gasteiger partial charge >= 0.3 is 0 Å². The molecule has 1 aliphatic heterocycles. The zero-order chi connectivity index (χ0) is 6.85. The number of nitro groups is 1. The van der Waals surface area contributed by atoms with Crippen molar-refractivity contribution >= 4 is 0 Å². The molecular formula is C4H8N3O2. The fourth-order valence-electron chi connectivity index (χ4n) is 0.793. The fourth-order valence-corrected chi connectivity index (χ4v) is 0.793. The van der Waals surface area contributed by atoms with Crippen LogP contribution in [0.5, 0.6) is 0 Å². The van der Waals surface area contributed by atoms with Crippen LogP contribution in [0.15, 0.2) is 0 Å². The lowest BCUT2D eigenvalue weighted by Crippen LogP contribution is -2.29. The normalized spacial score (nSPS) is 28.8. The standard InChI is InChI=1S/C4H8N3O2/c1-6-3-2-4(5-6)7(8)9/h4H,2-3H2,1H3. The topological polar surface area (TPSA) is 60.5 Å². The molecule has 0 spiro atoms. The molecular weight excluding hydrogens is 122 g/mol. The molecule has 5 nitrogen and oxygen atoms in total. The van der Waals surface area contributed by atoms with E-state index in [2.05, 4.69) is 5.43 Å². The van der Waals surface area contributed by atoms with E-state index >= 15 is 0 Å². The highest BCUT2D eigenvalue weighted by Crippen LogP contribution is 2.04. The second kappa shape index (κ2) is 2.28. The summed E-state index contributed by atoms with van der Waals surface area (Å²) in [7, 11) is 1.74. The first-order valence-electron chi connectivity index (χ1n) is 2.75. The molecule has 1 unspecified atom stereocenters. The van der Waals surface area contributed by atoms with Crippen LogP contribution < -0.4 is 5.43 Å². The smallest absolute Gasteiger partial charge is 0.263 e. The maximum atomic E-state index is 10.0. The van der Waals surface area contributed by atoms with E-state index in [9.17, 15) is 10.1 Å². The Balaban J connectivity index is 2.39.